The molecule has 38 heavy (non-hydrogen) atoms. The van der Waals surface area contributed by atoms with Gasteiger partial charge in [0.15, 0.2) is 6.61 Å². The number of hydrogen-bond donors (Lipinski definition) is 1. The Balaban J connectivity index is 1.26. The van der Waals surface area contributed by atoms with Crippen molar-refractivity contribution in [2.75, 3.05) is 38.2 Å². The Morgan fingerprint density at radius 1 is 0.895 bits per heavy atom. The van der Waals surface area contributed by atoms with Crippen molar-refractivity contribution in [3.63, 3.8) is 0 Å². The molecule has 0 radical (unpaired) electrons. The van der Waals surface area contributed by atoms with E-state index in [2.05, 4.69) is 38.2 Å². The van der Waals surface area contributed by atoms with Crippen molar-refractivity contribution < 1.29 is 27.4 Å². The van der Waals surface area contributed by atoms with Crippen molar-refractivity contribution in [1.82, 2.24) is 4.31 Å². The third kappa shape index (κ3) is 6.92. The molecule has 1 fully saturated rings. The molecule has 0 aromatic heterocycles. The molecule has 1 saturated heterocycles. The van der Waals surface area contributed by atoms with Gasteiger partial charge in [-0.05, 0) is 78.1 Å². The Kier molecular flexibility index (Phi) is 8.71. The predicted octanol–water partition coefficient (Wildman–Crippen LogP) is 5.20. The van der Waals surface area contributed by atoms with E-state index in [4.69, 9.17) is 14.2 Å². The third-order valence-corrected chi connectivity index (χ3v) is 8.61. The molecular formula is C29H34N2O6S. The quantitative estimate of drug-likeness (QED) is 0.381. The fraction of sp³-hybridized carbons (Fsp3) is 0.345. The average molecular weight is 539 g/mol. The molecule has 0 bridgehead atoms. The highest BCUT2D eigenvalue weighted by atomic mass is 32.2. The molecule has 4 rings (SSSR count). The summed E-state index contributed by atoms with van der Waals surface area (Å²) in [5.74, 6) is 1.47. The molecule has 1 aliphatic rings. The van der Waals surface area contributed by atoms with Gasteiger partial charge in [0.05, 0.1) is 18.1 Å². The molecule has 0 spiro atoms. The minimum atomic E-state index is -3.58. The third-order valence-electron chi connectivity index (χ3n) is 6.69. The van der Waals surface area contributed by atoms with Gasteiger partial charge in [-0.1, -0.05) is 32.9 Å². The maximum atomic E-state index is 12.7. The second kappa shape index (κ2) is 12.0. The number of nitrogens with zero attached hydrogens (tertiary/aromatic N) is 1. The summed E-state index contributed by atoms with van der Waals surface area (Å²) >= 11 is 0. The van der Waals surface area contributed by atoms with Crippen LogP contribution < -0.4 is 14.8 Å². The highest BCUT2D eigenvalue weighted by Gasteiger charge is 2.26. The Bertz CT molecular complexity index is 1310. The van der Waals surface area contributed by atoms with Crippen LogP contribution in [0.5, 0.6) is 17.2 Å². The summed E-state index contributed by atoms with van der Waals surface area (Å²) in [6.45, 7) is 7.84. The van der Waals surface area contributed by atoms with Crippen LogP contribution in [0.3, 0.4) is 0 Å². The number of morpholine rings is 1. The van der Waals surface area contributed by atoms with Gasteiger partial charge in [0.25, 0.3) is 5.91 Å². The van der Waals surface area contributed by atoms with Crippen molar-refractivity contribution in [1.29, 1.82) is 0 Å². The summed E-state index contributed by atoms with van der Waals surface area (Å²) in [7, 11) is -3.58. The largest absolute Gasteiger partial charge is 0.484 e. The van der Waals surface area contributed by atoms with Crippen molar-refractivity contribution in [3.05, 3.63) is 78.4 Å². The van der Waals surface area contributed by atoms with Crippen LogP contribution >= 0.6 is 0 Å². The van der Waals surface area contributed by atoms with Gasteiger partial charge in [0.1, 0.15) is 17.2 Å². The Labute approximate surface area is 224 Å². The van der Waals surface area contributed by atoms with E-state index in [-0.39, 0.29) is 22.8 Å². The molecule has 3 aromatic rings. The van der Waals surface area contributed by atoms with Gasteiger partial charge in [-0.25, -0.2) is 8.42 Å². The molecule has 1 aliphatic heterocycles. The van der Waals surface area contributed by atoms with Gasteiger partial charge in [-0.3, -0.25) is 4.79 Å². The van der Waals surface area contributed by atoms with E-state index in [1.807, 2.05) is 12.1 Å². The number of amides is 1. The molecule has 0 aliphatic carbocycles. The smallest absolute Gasteiger partial charge is 0.262 e. The molecule has 0 unspecified atom stereocenters. The van der Waals surface area contributed by atoms with E-state index < -0.39 is 10.0 Å². The van der Waals surface area contributed by atoms with E-state index in [0.717, 1.165) is 12.2 Å². The van der Waals surface area contributed by atoms with Gasteiger partial charge in [-0.15, -0.1) is 0 Å². The van der Waals surface area contributed by atoms with Crippen LogP contribution in [0.2, 0.25) is 0 Å². The molecule has 0 saturated carbocycles. The second-order valence-corrected chi connectivity index (χ2v) is 11.7. The molecule has 3 aromatic carbocycles. The zero-order valence-electron chi connectivity index (χ0n) is 22.0. The lowest BCUT2D eigenvalue weighted by Gasteiger charge is -2.26. The van der Waals surface area contributed by atoms with E-state index in [1.165, 1.54) is 22.0 Å². The van der Waals surface area contributed by atoms with Crippen LogP contribution in [-0.4, -0.2) is 51.5 Å². The Morgan fingerprint density at radius 2 is 1.45 bits per heavy atom. The zero-order valence-corrected chi connectivity index (χ0v) is 22.8. The first-order valence-corrected chi connectivity index (χ1v) is 14.1. The predicted molar refractivity (Wildman–Crippen MR) is 146 cm³/mol. The second-order valence-electron chi connectivity index (χ2n) is 9.71. The lowest BCUT2D eigenvalue weighted by Crippen LogP contribution is -2.40. The lowest BCUT2D eigenvalue weighted by molar-refractivity contribution is -0.118. The summed E-state index contributed by atoms with van der Waals surface area (Å²) in [6.07, 6.45) is 1.05. The first-order chi connectivity index (χ1) is 18.2. The van der Waals surface area contributed by atoms with Gasteiger partial charge >= 0.3 is 0 Å². The Hall–Kier alpha value is -3.40. The number of anilines is 1. The Morgan fingerprint density at radius 3 is 2.03 bits per heavy atom. The zero-order chi connectivity index (χ0) is 27.2. The number of sulfonamides is 1. The van der Waals surface area contributed by atoms with E-state index in [1.54, 1.807) is 36.4 Å². The number of rotatable bonds is 10. The first-order valence-electron chi connectivity index (χ1n) is 12.7. The first kappa shape index (κ1) is 27.6. The molecule has 9 heteroatoms. The van der Waals surface area contributed by atoms with Crippen LogP contribution in [0.25, 0.3) is 0 Å². The van der Waals surface area contributed by atoms with Crippen LogP contribution in [0.1, 0.15) is 32.8 Å². The minimum Gasteiger partial charge on any atom is -0.484 e. The summed E-state index contributed by atoms with van der Waals surface area (Å²) in [4.78, 5) is 12.5. The molecule has 202 valence electrons. The van der Waals surface area contributed by atoms with Gasteiger partial charge in [0.2, 0.25) is 10.0 Å². The fourth-order valence-corrected chi connectivity index (χ4v) is 5.32. The van der Waals surface area contributed by atoms with Crippen LogP contribution in [-0.2, 0) is 25.0 Å². The molecule has 1 amide bonds. The number of ether oxygens (including phenoxy) is 3. The van der Waals surface area contributed by atoms with Crippen LogP contribution in [0.15, 0.2) is 77.7 Å². The topological polar surface area (TPSA) is 94.2 Å². The molecule has 1 heterocycles. The summed E-state index contributed by atoms with van der Waals surface area (Å²) in [5.41, 5.74) is 1.99. The summed E-state index contributed by atoms with van der Waals surface area (Å²) in [6, 6.07) is 21.2. The lowest BCUT2D eigenvalue weighted by atomic mass is 9.82. The molecular weight excluding hydrogens is 504 g/mol. The van der Waals surface area contributed by atoms with Crippen molar-refractivity contribution >= 4 is 21.6 Å². The maximum Gasteiger partial charge on any atom is 0.262 e. The molecule has 0 atom stereocenters. The highest BCUT2D eigenvalue weighted by molar-refractivity contribution is 7.89. The fourth-order valence-electron chi connectivity index (χ4n) is 3.91. The number of hydrogen-bond acceptors (Lipinski definition) is 6. The van der Waals surface area contributed by atoms with Crippen molar-refractivity contribution in [3.8, 4) is 17.2 Å². The van der Waals surface area contributed by atoms with Crippen LogP contribution in [0, 0.1) is 0 Å². The van der Waals surface area contributed by atoms with E-state index in [9.17, 15) is 13.2 Å². The number of carbonyl (C=O) groups is 1. The standard InChI is InChI=1S/C29H34N2O6S/c1-4-29(2,3)22-5-9-25(10-6-22)37-26-11-7-23(8-12-26)30-28(32)21-36-24-13-15-27(16-14-24)38(33,34)31-17-19-35-20-18-31/h5-16H,4,17-21H2,1-3H3,(H,30,32). The SMILES string of the molecule is CCC(C)(C)c1ccc(Oc2ccc(NC(=O)COc3ccc(S(=O)(=O)N4CCOCC4)cc3)cc2)cc1. The minimum absolute atomic E-state index is 0.120. The number of nitrogens with one attached hydrogen (secondary N) is 1. The van der Waals surface area contributed by atoms with E-state index in [0.29, 0.717) is 43.5 Å². The van der Waals surface area contributed by atoms with Gasteiger partial charge in [0, 0.05) is 18.8 Å². The molecule has 8 nitrogen and oxygen atoms in total. The number of benzene rings is 3. The van der Waals surface area contributed by atoms with Gasteiger partial charge in [-0.2, -0.15) is 4.31 Å². The monoisotopic (exact) mass is 538 g/mol. The summed E-state index contributed by atoms with van der Waals surface area (Å²) in [5, 5.41) is 2.78. The van der Waals surface area contributed by atoms with E-state index >= 15 is 0 Å². The van der Waals surface area contributed by atoms with Crippen molar-refractivity contribution in [2.45, 2.75) is 37.5 Å². The van der Waals surface area contributed by atoms with Crippen molar-refractivity contribution in [2.24, 2.45) is 0 Å². The normalized spacial score (nSPS) is 14.6. The van der Waals surface area contributed by atoms with Crippen LogP contribution in [0.4, 0.5) is 5.69 Å². The van der Waals surface area contributed by atoms with Gasteiger partial charge < -0.3 is 19.5 Å². The molecule has 1 N–H and O–H groups in total. The average Bonchev–Trinajstić information content (AvgIpc) is 2.94. The highest BCUT2D eigenvalue weighted by Crippen LogP contribution is 2.30. The maximum absolute atomic E-state index is 12.7. The number of carbonyl (C=O) groups excluding carboxylic acids is 1. The summed E-state index contributed by atoms with van der Waals surface area (Å²) < 4.78 is 43.5.